The Balaban J connectivity index is 1.82. The maximum absolute atomic E-state index is 12.4. The minimum atomic E-state index is -0.0452. The van der Waals surface area contributed by atoms with Crippen LogP contribution in [0.4, 0.5) is 5.00 Å². The Hall–Kier alpha value is -2.34. The fourth-order valence-corrected chi connectivity index (χ4v) is 3.39. The summed E-state index contributed by atoms with van der Waals surface area (Å²) in [5, 5.41) is 4.77. The lowest BCUT2D eigenvalue weighted by Gasteiger charge is -2.07. The molecule has 120 valence electrons. The molecule has 0 aliphatic rings. The molecule has 6 heteroatoms. The number of benzene rings is 1. The Morgan fingerprint density at radius 3 is 3.04 bits per heavy atom. The number of carbonyl (C=O) groups excluding carboxylic acids is 1. The third kappa shape index (κ3) is 3.22. The summed E-state index contributed by atoms with van der Waals surface area (Å²) in [5.41, 5.74) is 4.60. The average Bonchev–Trinajstić information content (AvgIpc) is 3.15. The number of nitrogens with zero attached hydrogens (tertiary/aromatic N) is 1. The molecule has 1 aromatic carbocycles. The van der Waals surface area contributed by atoms with E-state index in [2.05, 4.69) is 15.3 Å². The number of amides is 1. The van der Waals surface area contributed by atoms with Gasteiger partial charge in [0, 0.05) is 17.1 Å². The number of hydrogen-bond acceptors (Lipinski definition) is 4. The van der Waals surface area contributed by atoms with E-state index >= 15 is 0 Å². The van der Waals surface area contributed by atoms with Crippen molar-refractivity contribution in [2.45, 2.75) is 26.7 Å². The summed E-state index contributed by atoms with van der Waals surface area (Å²) >= 11 is 1.45. The lowest BCUT2D eigenvalue weighted by atomic mass is 10.1. The number of aryl methyl sites for hydroxylation is 1. The molecular weight excluding hydrogens is 310 g/mol. The van der Waals surface area contributed by atoms with Gasteiger partial charge >= 0.3 is 0 Å². The van der Waals surface area contributed by atoms with Gasteiger partial charge in [-0.1, -0.05) is 13.0 Å². The molecule has 3 rings (SSSR count). The van der Waals surface area contributed by atoms with E-state index < -0.39 is 0 Å². The predicted molar refractivity (Wildman–Crippen MR) is 93.3 cm³/mol. The van der Waals surface area contributed by atoms with Gasteiger partial charge in [-0.2, -0.15) is 0 Å². The zero-order valence-electron chi connectivity index (χ0n) is 13.2. The van der Waals surface area contributed by atoms with Crippen molar-refractivity contribution in [3.05, 3.63) is 41.2 Å². The van der Waals surface area contributed by atoms with Crippen molar-refractivity contribution >= 4 is 33.1 Å². The molecule has 0 radical (unpaired) electrons. The molecule has 0 bridgehead atoms. The molecular formula is C17H19N3O2S. The molecule has 0 saturated carbocycles. The van der Waals surface area contributed by atoms with Gasteiger partial charge in [0.1, 0.15) is 10.8 Å². The topological polar surface area (TPSA) is 67.0 Å². The Labute approximate surface area is 138 Å². The first-order valence-electron chi connectivity index (χ1n) is 7.66. The van der Waals surface area contributed by atoms with Gasteiger partial charge in [0.2, 0.25) is 5.91 Å². The third-order valence-corrected chi connectivity index (χ3v) is 4.41. The van der Waals surface area contributed by atoms with Gasteiger partial charge in [-0.25, -0.2) is 4.98 Å². The molecule has 2 N–H and O–H groups in total. The molecule has 5 nitrogen and oxygen atoms in total. The standard InChI is InChI=1S/C17H19N3O2S/c1-3-12-17(23-10-19-12)20-15(21)8-11-9-18-13-6-5-7-14(16(11)13)22-4-2/h5-7,9-10,18H,3-4,8H2,1-2H3,(H,20,21). The van der Waals surface area contributed by atoms with Crippen LogP contribution in [-0.4, -0.2) is 22.5 Å². The first-order chi connectivity index (χ1) is 11.2. The number of aromatic amines is 1. The summed E-state index contributed by atoms with van der Waals surface area (Å²) in [7, 11) is 0. The van der Waals surface area contributed by atoms with Crippen LogP contribution in [0, 0.1) is 0 Å². The summed E-state index contributed by atoms with van der Waals surface area (Å²) in [6, 6.07) is 5.86. The Morgan fingerprint density at radius 1 is 1.39 bits per heavy atom. The second-order valence-corrected chi connectivity index (χ2v) is 5.99. The van der Waals surface area contributed by atoms with Gasteiger partial charge in [-0.05, 0) is 31.0 Å². The van der Waals surface area contributed by atoms with Crippen molar-refractivity contribution in [1.29, 1.82) is 0 Å². The first-order valence-corrected chi connectivity index (χ1v) is 8.54. The van der Waals surface area contributed by atoms with Crippen LogP contribution >= 0.6 is 11.3 Å². The van der Waals surface area contributed by atoms with Gasteiger partial charge in [-0.3, -0.25) is 4.79 Å². The number of hydrogen-bond donors (Lipinski definition) is 2. The summed E-state index contributed by atoms with van der Waals surface area (Å²) in [6.07, 6.45) is 2.98. The van der Waals surface area contributed by atoms with E-state index in [1.54, 1.807) is 5.51 Å². The van der Waals surface area contributed by atoms with E-state index in [1.807, 2.05) is 38.2 Å². The molecule has 1 amide bonds. The van der Waals surface area contributed by atoms with Crippen molar-refractivity contribution in [1.82, 2.24) is 9.97 Å². The zero-order chi connectivity index (χ0) is 16.2. The molecule has 2 heterocycles. The van der Waals surface area contributed by atoms with Crippen LogP contribution < -0.4 is 10.1 Å². The quantitative estimate of drug-likeness (QED) is 0.723. The van der Waals surface area contributed by atoms with Crippen LogP contribution in [0.3, 0.4) is 0 Å². The lowest BCUT2D eigenvalue weighted by Crippen LogP contribution is -2.14. The van der Waals surface area contributed by atoms with Crippen LogP contribution in [0.25, 0.3) is 10.9 Å². The van der Waals surface area contributed by atoms with E-state index in [-0.39, 0.29) is 5.91 Å². The lowest BCUT2D eigenvalue weighted by molar-refractivity contribution is -0.115. The second kappa shape index (κ2) is 6.83. The number of fused-ring (bicyclic) bond motifs is 1. The van der Waals surface area contributed by atoms with Crippen LogP contribution in [0.15, 0.2) is 29.9 Å². The fraction of sp³-hybridized carbons (Fsp3) is 0.294. The molecule has 23 heavy (non-hydrogen) atoms. The Morgan fingerprint density at radius 2 is 2.26 bits per heavy atom. The van der Waals surface area contributed by atoms with E-state index in [1.165, 1.54) is 11.3 Å². The second-order valence-electron chi connectivity index (χ2n) is 5.13. The highest BCUT2D eigenvalue weighted by atomic mass is 32.1. The first kappa shape index (κ1) is 15.6. The number of aromatic nitrogens is 2. The molecule has 2 aromatic heterocycles. The molecule has 0 saturated heterocycles. The highest BCUT2D eigenvalue weighted by Crippen LogP contribution is 2.29. The number of thiazole rings is 1. The molecule has 0 unspecified atom stereocenters. The summed E-state index contributed by atoms with van der Waals surface area (Å²) in [5.74, 6) is 0.761. The predicted octanol–water partition coefficient (Wildman–Crippen LogP) is 3.77. The third-order valence-electron chi connectivity index (χ3n) is 3.63. The van der Waals surface area contributed by atoms with Gasteiger partial charge in [-0.15, -0.1) is 11.3 Å². The number of H-pyrrole nitrogens is 1. The molecule has 0 spiro atoms. The fourth-order valence-electron chi connectivity index (χ4n) is 2.60. The maximum Gasteiger partial charge on any atom is 0.229 e. The summed E-state index contributed by atoms with van der Waals surface area (Å²) in [4.78, 5) is 19.8. The normalized spacial score (nSPS) is 10.9. The van der Waals surface area contributed by atoms with E-state index in [4.69, 9.17) is 4.74 Å². The number of anilines is 1. The highest BCUT2D eigenvalue weighted by Gasteiger charge is 2.14. The SMILES string of the molecule is CCOc1cccc2[nH]cc(CC(=O)Nc3scnc3CC)c12. The molecule has 0 aliphatic carbocycles. The van der Waals surface area contributed by atoms with Crippen LogP contribution in [-0.2, 0) is 17.6 Å². The van der Waals surface area contributed by atoms with Crippen LogP contribution in [0.1, 0.15) is 25.1 Å². The minimum Gasteiger partial charge on any atom is -0.493 e. The van der Waals surface area contributed by atoms with Gasteiger partial charge in [0.15, 0.2) is 0 Å². The van der Waals surface area contributed by atoms with Gasteiger partial charge < -0.3 is 15.0 Å². The van der Waals surface area contributed by atoms with Gasteiger partial charge in [0.25, 0.3) is 0 Å². The van der Waals surface area contributed by atoms with Crippen LogP contribution in [0.2, 0.25) is 0 Å². The number of rotatable bonds is 6. The van der Waals surface area contributed by atoms with Crippen molar-refractivity contribution in [3.63, 3.8) is 0 Å². The molecule has 3 aromatic rings. The monoisotopic (exact) mass is 329 g/mol. The van der Waals surface area contributed by atoms with Crippen molar-refractivity contribution < 1.29 is 9.53 Å². The number of nitrogens with one attached hydrogen (secondary N) is 2. The van der Waals surface area contributed by atoms with E-state index in [9.17, 15) is 4.79 Å². The molecule has 0 aliphatic heterocycles. The summed E-state index contributed by atoms with van der Waals surface area (Å²) < 4.78 is 5.68. The van der Waals surface area contributed by atoms with Crippen molar-refractivity contribution in [2.24, 2.45) is 0 Å². The minimum absolute atomic E-state index is 0.0452. The smallest absolute Gasteiger partial charge is 0.229 e. The number of carbonyl (C=O) groups is 1. The maximum atomic E-state index is 12.4. The highest BCUT2D eigenvalue weighted by molar-refractivity contribution is 7.14. The van der Waals surface area contributed by atoms with Crippen molar-refractivity contribution in [2.75, 3.05) is 11.9 Å². The Kier molecular flexibility index (Phi) is 4.62. The van der Waals surface area contributed by atoms with E-state index in [0.29, 0.717) is 13.0 Å². The average molecular weight is 329 g/mol. The number of ether oxygens (including phenoxy) is 1. The van der Waals surface area contributed by atoms with Gasteiger partial charge in [0.05, 0.1) is 24.2 Å². The van der Waals surface area contributed by atoms with Crippen LogP contribution in [0.5, 0.6) is 5.75 Å². The van der Waals surface area contributed by atoms with Crippen molar-refractivity contribution in [3.8, 4) is 5.75 Å². The molecule has 0 fully saturated rings. The molecule has 0 atom stereocenters. The largest absolute Gasteiger partial charge is 0.493 e. The van der Waals surface area contributed by atoms with E-state index in [0.717, 1.165) is 39.3 Å². The summed E-state index contributed by atoms with van der Waals surface area (Å²) in [6.45, 7) is 4.57. The zero-order valence-corrected chi connectivity index (χ0v) is 14.0. The Bertz CT molecular complexity index is 822.